The maximum absolute atomic E-state index is 12.4. The summed E-state index contributed by atoms with van der Waals surface area (Å²) in [5.41, 5.74) is 2.74. The standard InChI is InChI=1S/C10H12F3N.C9H13N/c1-6(2)9-5-8(10(11,12)13)4-7(3)14-9;1-7(2)9-6-8(3)4-5-10-9/h4-6H,1-3H3;4-7H,1-3H3. The molecule has 0 aromatic carbocycles. The highest BCUT2D eigenvalue weighted by Crippen LogP contribution is 2.31. The van der Waals surface area contributed by atoms with Gasteiger partial charge in [0.05, 0.1) is 5.56 Å². The molecule has 2 nitrogen and oxygen atoms in total. The number of hydrogen-bond donors (Lipinski definition) is 0. The van der Waals surface area contributed by atoms with Crippen LogP contribution in [0.15, 0.2) is 30.5 Å². The SMILES string of the molecule is Cc1cc(C(F)(F)F)cc(C(C)C)n1.Cc1ccnc(C(C)C)c1. The third-order valence-corrected chi connectivity index (χ3v) is 3.42. The van der Waals surface area contributed by atoms with Gasteiger partial charge in [-0.05, 0) is 55.5 Å². The number of halogens is 3. The van der Waals surface area contributed by atoms with Crippen molar-refractivity contribution in [2.24, 2.45) is 0 Å². The Morgan fingerprint density at radius 3 is 1.88 bits per heavy atom. The molecule has 2 heterocycles. The van der Waals surface area contributed by atoms with E-state index < -0.39 is 11.7 Å². The maximum Gasteiger partial charge on any atom is 0.416 e. The van der Waals surface area contributed by atoms with Crippen molar-refractivity contribution in [3.63, 3.8) is 0 Å². The van der Waals surface area contributed by atoms with Gasteiger partial charge in [-0.25, -0.2) is 0 Å². The lowest BCUT2D eigenvalue weighted by Crippen LogP contribution is -2.08. The van der Waals surface area contributed by atoms with Gasteiger partial charge in [0.25, 0.3) is 0 Å². The smallest absolute Gasteiger partial charge is 0.261 e. The molecule has 0 spiro atoms. The lowest BCUT2D eigenvalue weighted by molar-refractivity contribution is -0.137. The Morgan fingerprint density at radius 2 is 1.46 bits per heavy atom. The van der Waals surface area contributed by atoms with Gasteiger partial charge in [0.1, 0.15) is 0 Å². The first-order valence-corrected chi connectivity index (χ1v) is 7.99. The summed E-state index contributed by atoms with van der Waals surface area (Å²) in [6.45, 7) is 11.6. The third kappa shape index (κ3) is 6.30. The van der Waals surface area contributed by atoms with Crippen molar-refractivity contribution >= 4 is 0 Å². The van der Waals surface area contributed by atoms with E-state index in [2.05, 4.69) is 36.8 Å². The Hall–Kier alpha value is -1.91. The molecule has 2 aromatic heterocycles. The zero-order valence-corrected chi connectivity index (χ0v) is 15.1. The van der Waals surface area contributed by atoms with E-state index in [0.717, 1.165) is 12.1 Å². The molecule has 24 heavy (non-hydrogen) atoms. The molecule has 0 unspecified atom stereocenters. The van der Waals surface area contributed by atoms with Gasteiger partial charge >= 0.3 is 6.18 Å². The van der Waals surface area contributed by atoms with Crippen molar-refractivity contribution in [3.8, 4) is 0 Å². The molecule has 2 aromatic rings. The highest BCUT2D eigenvalue weighted by atomic mass is 19.4. The molecular weight excluding hydrogens is 313 g/mol. The first-order valence-electron chi connectivity index (χ1n) is 7.99. The zero-order chi connectivity index (χ0) is 18.5. The molecule has 0 fully saturated rings. The van der Waals surface area contributed by atoms with Crippen molar-refractivity contribution < 1.29 is 13.2 Å². The molecule has 0 bridgehead atoms. The molecule has 0 N–H and O–H groups in total. The van der Waals surface area contributed by atoms with Crippen molar-refractivity contribution in [1.29, 1.82) is 0 Å². The van der Waals surface area contributed by atoms with Gasteiger partial charge in [-0.2, -0.15) is 13.2 Å². The van der Waals surface area contributed by atoms with Gasteiger partial charge in [-0.1, -0.05) is 27.7 Å². The molecule has 0 aliphatic rings. The highest BCUT2D eigenvalue weighted by Gasteiger charge is 2.31. The maximum atomic E-state index is 12.4. The minimum Gasteiger partial charge on any atom is -0.261 e. The van der Waals surface area contributed by atoms with Crippen LogP contribution in [0.4, 0.5) is 13.2 Å². The number of hydrogen-bond acceptors (Lipinski definition) is 2. The van der Waals surface area contributed by atoms with Crippen LogP contribution in [0.1, 0.15) is 67.7 Å². The molecule has 0 atom stereocenters. The van der Waals surface area contributed by atoms with Crippen LogP contribution in [0.3, 0.4) is 0 Å². The van der Waals surface area contributed by atoms with Gasteiger partial charge in [0, 0.05) is 23.3 Å². The number of pyridine rings is 2. The van der Waals surface area contributed by atoms with Crippen LogP contribution in [-0.2, 0) is 6.18 Å². The minimum absolute atomic E-state index is 0.0102. The normalized spacial score (nSPS) is 11.5. The quantitative estimate of drug-likeness (QED) is 0.666. The van der Waals surface area contributed by atoms with E-state index in [9.17, 15) is 13.2 Å². The molecule has 0 amide bonds. The Kier molecular flexibility index (Phi) is 6.93. The fourth-order valence-electron chi connectivity index (χ4n) is 2.03. The topological polar surface area (TPSA) is 25.8 Å². The summed E-state index contributed by atoms with van der Waals surface area (Å²) in [6.07, 6.45) is -2.41. The van der Waals surface area contributed by atoms with E-state index in [4.69, 9.17) is 0 Å². The van der Waals surface area contributed by atoms with Gasteiger partial charge < -0.3 is 0 Å². The van der Waals surface area contributed by atoms with Crippen LogP contribution >= 0.6 is 0 Å². The van der Waals surface area contributed by atoms with Gasteiger partial charge in [-0.15, -0.1) is 0 Å². The summed E-state index contributed by atoms with van der Waals surface area (Å²) in [4.78, 5) is 8.29. The monoisotopic (exact) mass is 338 g/mol. The second-order valence-electron chi connectivity index (χ2n) is 6.49. The fourth-order valence-corrected chi connectivity index (χ4v) is 2.03. The largest absolute Gasteiger partial charge is 0.416 e. The summed E-state index contributed by atoms with van der Waals surface area (Å²) in [6, 6.07) is 6.32. The Morgan fingerprint density at radius 1 is 0.875 bits per heavy atom. The molecule has 0 aliphatic heterocycles. The van der Waals surface area contributed by atoms with Crippen LogP contribution in [0.2, 0.25) is 0 Å². The van der Waals surface area contributed by atoms with Crippen LogP contribution < -0.4 is 0 Å². The molecule has 0 radical (unpaired) electrons. The van der Waals surface area contributed by atoms with Gasteiger partial charge in [-0.3, -0.25) is 9.97 Å². The van der Waals surface area contributed by atoms with Crippen molar-refractivity contribution in [3.05, 3.63) is 58.7 Å². The summed E-state index contributed by atoms with van der Waals surface area (Å²) >= 11 is 0. The molecule has 0 saturated carbocycles. The molecule has 132 valence electrons. The van der Waals surface area contributed by atoms with Gasteiger partial charge in [0.2, 0.25) is 0 Å². The predicted molar refractivity (Wildman–Crippen MR) is 91.1 cm³/mol. The molecule has 0 saturated heterocycles. The minimum atomic E-state index is -4.28. The number of nitrogens with zero attached hydrogens (tertiary/aromatic N) is 2. The lowest BCUT2D eigenvalue weighted by atomic mass is 10.1. The van der Waals surface area contributed by atoms with E-state index in [-0.39, 0.29) is 5.92 Å². The van der Waals surface area contributed by atoms with Crippen LogP contribution in [0.5, 0.6) is 0 Å². The summed E-state index contributed by atoms with van der Waals surface area (Å²) in [5.74, 6) is 0.552. The van der Waals surface area contributed by atoms with Crippen molar-refractivity contribution in [2.75, 3.05) is 0 Å². The van der Waals surface area contributed by atoms with E-state index in [1.807, 2.05) is 26.1 Å². The van der Waals surface area contributed by atoms with E-state index in [0.29, 0.717) is 17.3 Å². The fraction of sp³-hybridized carbons (Fsp3) is 0.474. The third-order valence-electron chi connectivity index (χ3n) is 3.42. The Balaban J connectivity index is 0.000000254. The Labute approximate surface area is 142 Å². The van der Waals surface area contributed by atoms with E-state index >= 15 is 0 Å². The van der Waals surface area contributed by atoms with E-state index in [1.54, 1.807) is 6.92 Å². The summed E-state index contributed by atoms with van der Waals surface area (Å²) < 4.78 is 37.2. The average molecular weight is 338 g/mol. The lowest BCUT2D eigenvalue weighted by Gasteiger charge is -2.11. The van der Waals surface area contributed by atoms with Gasteiger partial charge in [0.15, 0.2) is 0 Å². The highest BCUT2D eigenvalue weighted by molar-refractivity contribution is 5.25. The van der Waals surface area contributed by atoms with E-state index in [1.165, 1.54) is 11.3 Å². The van der Waals surface area contributed by atoms with Crippen LogP contribution in [0, 0.1) is 13.8 Å². The van der Waals surface area contributed by atoms with Crippen LogP contribution in [-0.4, -0.2) is 9.97 Å². The predicted octanol–water partition coefficient (Wildman–Crippen LogP) is 6.05. The number of rotatable bonds is 2. The Bertz CT molecular complexity index is 662. The second-order valence-corrected chi connectivity index (χ2v) is 6.49. The first-order chi connectivity index (χ1) is 11.0. The van der Waals surface area contributed by atoms with Crippen LogP contribution in [0.25, 0.3) is 0 Å². The molecule has 0 aliphatic carbocycles. The molecule has 2 rings (SSSR count). The first kappa shape index (κ1) is 20.1. The average Bonchev–Trinajstić information content (AvgIpc) is 2.46. The number of aromatic nitrogens is 2. The second kappa shape index (κ2) is 8.27. The molecule has 5 heteroatoms. The van der Waals surface area contributed by atoms with Crippen molar-refractivity contribution in [2.45, 2.75) is 59.6 Å². The number of alkyl halides is 3. The zero-order valence-electron chi connectivity index (χ0n) is 15.1. The van der Waals surface area contributed by atoms with Crippen molar-refractivity contribution in [1.82, 2.24) is 9.97 Å². The summed E-state index contributed by atoms with van der Waals surface area (Å²) in [5, 5.41) is 0. The molecular formula is C19H25F3N2. The summed E-state index contributed by atoms with van der Waals surface area (Å²) in [7, 11) is 0. The number of aryl methyl sites for hydroxylation is 2.